The van der Waals surface area contributed by atoms with Crippen LogP contribution in [0.5, 0.6) is 0 Å². The van der Waals surface area contributed by atoms with E-state index in [4.69, 9.17) is 0 Å². The van der Waals surface area contributed by atoms with Gasteiger partial charge in [-0.3, -0.25) is 0 Å². The lowest BCUT2D eigenvalue weighted by Gasteiger charge is -2.05. The zero-order chi connectivity index (χ0) is 10.1. The number of nitrogens with zero attached hydrogens (tertiary/aromatic N) is 1. The van der Waals surface area contributed by atoms with Crippen LogP contribution in [0.15, 0.2) is 29.3 Å². The Bertz CT molecular complexity index is 457. The third-order valence-electron chi connectivity index (χ3n) is 2.48. The van der Waals surface area contributed by atoms with Crippen molar-refractivity contribution >= 4 is 22.7 Å². The van der Waals surface area contributed by atoms with Crippen LogP contribution in [0.3, 0.4) is 0 Å². The highest BCUT2D eigenvalue weighted by Crippen LogP contribution is 2.27. The first-order chi connectivity index (χ1) is 6.72. The first kappa shape index (κ1) is 9.66. The highest BCUT2D eigenvalue weighted by molar-refractivity contribution is 7.99. The van der Waals surface area contributed by atoms with E-state index in [0.29, 0.717) is 0 Å². The van der Waals surface area contributed by atoms with E-state index in [1.54, 1.807) is 0 Å². The summed E-state index contributed by atoms with van der Waals surface area (Å²) in [5.41, 5.74) is 2.70. The van der Waals surface area contributed by atoms with Gasteiger partial charge in [0.25, 0.3) is 0 Å². The monoisotopic (exact) mass is 205 g/mol. The quantitative estimate of drug-likeness (QED) is 0.678. The van der Waals surface area contributed by atoms with E-state index in [1.165, 1.54) is 21.4 Å². The van der Waals surface area contributed by atoms with E-state index in [1.807, 2.05) is 11.8 Å². The summed E-state index contributed by atoms with van der Waals surface area (Å²) in [6.45, 7) is 4.38. The molecule has 0 bridgehead atoms. The Balaban J connectivity index is 2.60. The average Bonchev–Trinajstić information content (AvgIpc) is 2.50. The van der Waals surface area contributed by atoms with Crippen LogP contribution in [0.4, 0.5) is 0 Å². The molecule has 0 radical (unpaired) electrons. The summed E-state index contributed by atoms with van der Waals surface area (Å²) in [6.07, 6.45) is 2.12. The fourth-order valence-corrected chi connectivity index (χ4v) is 2.52. The molecule has 0 N–H and O–H groups in total. The largest absolute Gasteiger partial charge is 0.351 e. The van der Waals surface area contributed by atoms with Gasteiger partial charge in [0.1, 0.15) is 0 Å². The Hall–Kier alpha value is -0.890. The Morgan fingerprint density at radius 2 is 2.14 bits per heavy atom. The Morgan fingerprint density at radius 1 is 1.36 bits per heavy atom. The van der Waals surface area contributed by atoms with Gasteiger partial charge in [-0.25, -0.2) is 0 Å². The summed E-state index contributed by atoms with van der Waals surface area (Å²) in [7, 11) is 2.09. The first-order valence-corrected chi connectivity index (χ1v) is 5.89. The van der Waals surface area contributed by atoms with Crippen LogP contribution in [-0.4, -0.2) is 10.3 Å². The number of aryl methyl sites for hydroxylation is 2. The Kier molecular flexibility index (Phi) is 2.55. The fraction of sp³-hybridized carbons (Fsp3) is 0.333. The normalized spacial score (nSPS) is 11.1. The van der Waals surface area contributed by atoms with Crippen LogP contribution in [0.2, 0.25) is 0 Å². The van der Waals surface area contributed by atoms with Crippen LogP contribution >= 0.6 is 11.8 Å². The zero-order valence-electron chi connectivity index (χ0n) is 8.87. The number of aromatic nitrogens is 1. The standard InChI is InChI=1S/C12H15NS/c1-4-14-12-8-10-5-6-13(3)11(10)7-9(12)2/h5-8H,4H2,1-3H3. The molecule has 1 heterocycles. The number of rotatable bonds is 2. The summed E-state index contributed by atoms with van der Waals surface area (Å²) in [5, 5.41) is 1.34. The second-order valence-corrected chi connectivity index (χ2v) is 4.84. The van der Waals surface area contributed by atoms with E-state index >= 15 is 0 Å². The molecule has 0 aliphatic carbocycles. The Morgan fingerprint density at radius 3 is 2.86 bits per heavy atom. The molecule has 1 aromatic carbocycles. The summed E-state index contributed by atoms with van der Waals surface area (Å²) < 4.78 is 2.17. The molecule has 0 unspecified atom stereocenters. The van der Waals surface area contributed by atoms with E-state index in [2.05, 4.69) is 49.9 Å². The van der Waals surface area contributed by atoms with Crippen molar-refractivity contribution in [2.24, 2.45) is 7.05 Å². The highest BCUT2D eigenvalue weighted by atomic mass is 32.2. The molecule has 0 spiro atoms. The number of hydrogen-bond donors (Lipinski definition) is 0. The van der Waals surface area contributed by atoms with E-state index in [9.17, 15) is 0 Å². The average molecular weight is 205 g/mol. The lowest BCUT2D eigenvalue weighted by molar-refractivity contribution is 0.967. The van der Waals surface area contributed by atoms with Gasteiger partial charge in [-0.1, -0.05) is 6.92 Å². The van der Waals surface area contributed by atoms with E-state index < -0.39 is 0 Å². The fourth-order valence-electron chi connectivity index (χ4n) is 1.71. The molecular formula is C12H15NS. The molecule has 0 saturated carbocycles. The van der Waals surface area contributed by atoms with Crippen molar-refractivity contribution < 1.29 is 0 Å². The van der Waals surface area contributed by atoms with Gasteiger partial charge in [0.15, 0.2) is 0 Å². The van der Waals surface area contributed by atoms with Gasteiger partial charge in [0, 0.05) is 29.0 Å². The second-order valence-electron chi connectivity index (χ2n) is 3.54. The third-order valence-corrected chi connectivity index (χ3v) is 3.52. The summed E-state index contributed by atoms with van der Waals surface area (Å²) in [4.78, 5) is 1.41. The van der Waals surface area contributed by atoms with Crippen LogP contribution in [0.25, 0.3) is 10.9 Å². The molecule has 1 nitrogen and oxygen atoms in total. The Labute approximate surface area is 89.1 Å². The molecule has 0 aliphatic heterocycles. The molecule has 2 rings (SSSR count). The maximum Gasteiger partial charge on any atom is 0.0481 e. The van der Waals surface area contributed by atoms with Crippen molar-refractivity contribution in [1.82, 2.24) is 4.57 Å². The number of benzene rings is 1. The molecule has 0 aliphatic rings. The molecule has 74 valence electrons. The summed E-state index contributed by atoms with van der Waals surface area (Å²) in [5.74, 6) is 1.14. The predicted octanol–water partition coefficient (Wildman–Crippen LogP) is 3.60. The van der Waals surface area contributed by atoms with Crippen molar-refractivity contribution in [2.45, 2.75) is 18.7 Å². The van der Waals surface area contributed by atoms with Crippen LogP contribution in [-0.2, 0) is 7.05 Å². The minimum atomic E-state index is 1.14. The molecule has 14 heavy (non-hydrogen) atoms. The van der Waals surface area contributed by atoms with Gasteiger partial charge < -0.3 is 4.57 Å². The molecule has 0 saturated heterocycles. The van der Waals surface area contributed by atoms with Crippen LogP contribution in [0, 0.1) is 6.92 Å². The smallest absolute Gasteiger partial charge is 0.0481 e. The maximum atomic E-state index is 2.29. The lowest BCUT2D eigenvalue weighted by Crippen LogP contribution is -1.86. The van der Waals surface area contributed by atoms with Crippen LogP contribution < -0.4 is 0 Å². The highest BCUT2D eigenvalue weighted by Gasteiger charge is 2.03. The van der Waals surface area contributed by atoms with Gasteiger partial charge >= 0.3 is 0 Å². The topological polar surface area (TPSA) is 4.93 Å². The summed E-state index contributed by atoms with van der Waals surface area (Å²) in [6, 6.07) is 6.74. The third kappa shape index (κ3) is 1.55. The summed E-state index contributed by atoms with van der Waals surface area (Å²) >= 11 is 1.92. The van der Waals surface area contributed by atoms with Crippen molar-refractivity contribution in [3.8, 4) is 0 Å². The minimum Gasteiger partial charge on any atom is -0.351 e. The van der Waals surface area contributed by atoms with Gasteiger partial charge in [-0.05, 0) is 36.4 Å². The molecular weight excluding hydrogens is 190 g/mol. The van der Waals surface area contributed by atoms with E-state index in [-0.39, 0.29) is 0 Å². The molecule has 2 heteroatoms. The number of thioether (sulfide) groups is 1. The van der Waals surface area contributed by atoms with E-state index in [0.717, 1.165) is 5.75 Å². The molecule has 1 aromatic heterocycles. The maximum absolute atomic E-state index is 2.29. The van der Waals surface area contributed by atoms with Crippen molar-refractivity contribution in [3.05, 3.63) is 30.0 Å². The van der Waals surface area contributed by atoms with Crippen molar-refractivity contribution in [3.63, 3.8) is 0 Å². The number of hydrogen-bond acceptors (Lipinski definition) is 1. The first-order valence-electron chi connectivity index (χ1n) is 4.91. The van der Waals surface area contributed by atoms with Crippen molar-refractivity contribution in [1.29, 1.82) is 0 Å². The second kappa shape index (κ2) is 3.70. The van der Waals surface area contributed by atoms with Gasteiger partial charge in [0.05, 0.1) is 0 Å². The lowest BCUT2D eigenvalue weighted by atomic mass is 10.2. The van der Waals surface area contributed by atoms with Crippen molar-refractivity contribution in [2.75, 3.05) is 5.75 Å². The van der Waals surface area contributed by atoms with Crippen LogP contribution in [0.1, 0.15) is 12.5 Å². The zero-order valence-corrected chi connectivity index (χ0v) is 9.69. The predicted molar refractivity (Wildman–Crippen MR) is 64.1 cm³/mol. The van der Waals surface area contributed by atoms with Gasteiger partial charge in [-0.2, -0.15) is 0 Å². The van der Waals surface area contributed by atoms with Gasteiger partial charge in [0.2, 0.25) is 0 Å². The molecule has 2 aromatic rings. The van der Waals surface area contributed by atoms with Gasteiger partial charge in [-0.15, -0.1) is 11.8 Å². The molecule has 0 amide bonds. The number of fused-ring (bicyclic) bond motifs is 1. The molecule has 0 fully saturated rings. The molecule has 0 atom stereocenters. The minimum absolute atomic E-state index is 1.14. The SMILES string of the molecule is CCSc1cc2ccn(C)c2cc1C.